The van der Waals surface area contributed by atoms with E-state index in [1.54, 1.807) is 0 Å². The van der Waals surface area contributed by atoms with Gasteiger partial charge in [-0.2, -0.15) is 0 Å². The molecular formula is C28H24O2. The highest BCUT2D eigenvalue weighted by Gasteiger charge is 2.14. The van der Waals surface area contributed by atoms with E-state index in [4.69, 9.17) is 4.42 Å². The second-order valence-corrected chi connectivity index (χ2v) is 8.21. The van der Waals surface area contributed by atoms with Crippen molar-refractivity contribution in [3.8, 4) is 11.1 Å². The predicted molar refractivity (Wildman–Crippen MR) is 126 cm³/mol. The van der Waals surface area contributed by atoms with Crippen LogP contribution in [0.25, 0.3) is 43.6 Å². The molecule has 1 heterocycles. The molecule has 30 heavy (non-hydrogen) atoms. The van der Waals surface area contributed by atoms with E-state index in [9.17, 15) is 4.79 Å². The van der Waals surface area contributed by atoms with Crippen molar-refractivity contribution in [2.45, 2.75) is 33.1 Å². The van der Waals surface area contributed by atoms with Crippen LogP contribution in [-0.2, 0) is 6.42 Å². The molecule has 0 amide bonds. The summed E-state index contributed by atoms with van der Waals surface area (Å²) in [4.78, 5) is 11.6. The Balaban J connectivity index is 1.82. The van der Waals surface area contributed by atoms with Crippen LogP contribution in [0.15, 0.2) is 82.0 Å². The first-order valence-electron chi connectivity index (χ1n) is 10.6. The van der Waals surface area contributed by atoms with Crippen LogP contribution in [0.5, 0.6) is 0 Å². The molecule has 0 unspecified atom stereocenters. The van der Waals surface area contributed by atoms with Gasteiger partial charge in [0.25, 0.3) is 0 Å². The lowest BCUT2D eigenvalue weighted by Crippen LogP contribution is -1.98. The molecule has 2 nitrogen and oxygen atoms in total. The smallest absolute Gasteiger partial charge is 0.336 e. The van der Waals surface area contributed by atoms with Crippen molar-refractivity contribution in [3.05, 3.63) is 94.3 Å². The number of aryl methyl sites for hydroxylation is 1. The van der Waals surface area contributed by atoms with Crippen molar-refractivity contribution >= 4 is 32.5 Å². The fourth-order valence-corrected chi connectivity index (χ4v) is 4.75. The van der Waals surface area contributed by atoms with Crippen LogP contribution in [0.2, 0.25) is 0 Å². The van der Waals surface area contributed by atoms with E-state index in [2.05, 4.69) is 75.4 Å². The quantitative estimate of drug-likeness (QED) is 0.236. The van der Waals surface area contributed by atoms with E-state index in [0.29, 0.717) is 11.5 Å². The highest BCUT2D eigenvalue weighted by molar-refractivity contribution is 6.04. The second-order valence-electron chi connectivity index (χ2n) is 8.21. The highest BCUT2D eigenvalue weighted by atomic mass is 16.4. The van der Waals surface area contributed by atoms with E-state index in [1.807, 2.05) is 12.1 Å². The normalized spacial score (nSPS) is 11.7. The van der Waals surface area contributed by atoms with E-state index in [-0.39, 0.29) is 5.63 Å². The third-order valence-corrected chi connectivity index (χ3v) is 6.06. The Kier molecular flexibility index (Phi) is 4.43. The van der Waals surface area contributed by atoms with Gasteiger partial charge in [0.2, 0.25) is 0 Å². The molecule has 0 atom stereocenters. The van der Waals surface area contributed by atoms with Crippen molar-refractivity contribution < 1.29 is 4.42 Å². The number of fused-ring (bicyclic) bond motifs is 3. The van der Waals surface area contributed by atoms with Crippen LogP contribution >= 0.6 is 0 Å². The zero-order valence-electron chi connectivity index (χ0n) is 17.5. The SMILES string of the molecule is CCc1c(-c2ccc3cc4ccccc4c(C(C)C)c3c2)ccc2oc(=O)ccc12. The molecule has 0 aliphatic rings. The molecular weight excluding hydrogens is 368 g/mol. The topological polar surface area (TPSA) is 30.2 Å². The van der Waals surface area contributed by atoms with Crippen LogP contribution in [-0.4, -0.2) is 0 Å². The molecule has 0 saturated heterocycles. The summed E-state index contributed by atoms with van der Waals surface area (Å²) in [6.07, 6.45) is 0.868. The van der Waals surface area contributed by atoms with Crippen LogP contribution in [0, 0.1) is 0 Å². The van der Waals surface area contributed by atoms with Gasteiger partial charge < -0.3 is 4.42 Å². The largest absolute Gasteiger partial charge is 0.423 e. The van der Waals surface area contributed by atoms with Gasteiger partial charge >= 0.3 is 5.63 Å². The molecule has 4 aromatic carbocycles. The Morgan fingerprint density at radius 1 is 0.800 bits per heavy atom. The molecule has 148 valence electrons. The van der Waals surface area contributed by atoms with Crippen molar-refractivity contribution in [1.82, 2.24) is 0 Å². The van der Waals surface area contributed by atoms with Crippen LogP contribution in [0.1, 0.15) is 37.8 Å². The van der Waals surface area contributed by atoms with Gasteiger partial charge in [-0.15, -0.1) is 0 Å². The highest BCUT2D eigenvalue weighted by Crippen LogP contribution is 2.37. The summed E-state index contributed by atoms with van der Waals surface area (Å²) in [6.45, 7) is 6.68. The zero-order valence-corrected chi connectivity index (χ0v) is 17.5. The summed E-state index contributed by atoms with van der Waals surface area (Å²) in [6, 6.07) is 25.1. The minimum atomic E-state index is -0.309. The molecule has 0 saturated carbocycles. The maximum Gasteiger partial charge on any atom is 0.336 e. The standard InChI is InChI=1S/C28H24O2/c1-4-21-22(11-13-26-24(21)12-14-27(29)30-26)20-10-9-19-15-18-7-5-6-8-23(18)28(17(2)3)25(19)16-20/h5-17H,4H2,1-3H3. The Morgan fingerprint density at radius 2 is 1.60 bits per heavy atom. The second kappa shape index (κ2) is 7.14. The molecule has 0 fully saturated rings. The van der Waals surface area contributed by atoms with E-state index in [0.717, 1.165) is 11.8 Å². The van der Waals surface area contributed by atoms with Gasteiger partial charge in [-0.3, -0.25) is 0 Å². The Labute approximate surface area is 175 Å². The first kappa shape index (κ1) is 18.6. The Bertz CT molecular complexity index is 1470. The molecule has 5 aromatic rings. The Hall–Kier alpha value is -3.39. The molecule has 2 heteroatoms. The van der Waals surface area contributed by atoms with Crippen molar-refractivity contribution in [3.63, 3.8) is 0 Å². The minimum Gasteiger partial charge on any atom is -0.423 e. The van der Waals surface area contributed by atoms with Gasteiger partial charge in [-0.05, 0) is 80.4 Å². The van der Waals surface area contributed by atoms with E-state index < -0.39 is 0 Å². The van der Waals surface area contributed by atoms with Crippen molar-refractivity contribution in [2.24, 2.45) is 0 Å². The van der Waals surface area contributed by atoms with Gasteiger partial charge in [0.15, 0.2) is 0 Å². The fraction of sp³-hybridized carbons (Fsp3) is 0.179. The summed E-state index contributed by atoms with van der Waals surface area (Å²) in [7, 11) is 0. The number of rotatable bonds is 3. The summed E-state index contributed by atoms with van der Waals surface area (Å²) in [5.74, 6) is 0.422. The van der Waals surface area contributed by atoms with Gasteiger partial charge in [0.05, 0.1) is 0 Å². The summed E-state index contributed by atoms with van der Waals surface area (Å²) >= 11 is 0. The molecule has 0 bridgehead atoms. The monoisotopic (exact) mass is 392 g/mol. The molecule has 5 rings (SSSR count). The van der Waals surface area contributed by atoms with Crippen molar-refractivity contribution in [1.29, 1.82) is 0 Å². The molecule has 0 aliphatic heterocycles. The lowest BCUT2D eigenvalue weighted by Gasteiger charge is -2.17. The van der Waals surface area contributed by atoms with Crippen molar-refractivity contribution in [2.75, 3.05) is 0 Å². The van der Waals surface area contributed by atoms with E-state index >= 15 is 0 Å². The first-order valence-corrected chi connectivity index (χ1v) is 10.6. The van der Waals surface area contributed by atoms with Gasteiger partial charge in [0, 0.05) is 11.5 Å². The third kappa shape index (κ3) is 2.91. The molecule has 1 aromatic heterocycles. The molecule has 0 aliphatic carbocycles. The van der Waals surface area contributed by atoms with Gasteiger partial charge in [-0.25, -0.2) is 4.79 Å². The van der Waals surface area contributed by atoms with Crippen LogP contribution < -0.4 is 5.63 Å². The number of hydrogen-bond acceptors (Lipinski definition) is 2. The fourth-order valence-electron chi connectivity index (χ4n) is 4.75. The first-order chi connectivity index (χ1) is 14.6. The maximum atomic E-state index is 11.6. The molecule has 0 radical (unpaired) electrons. The summed E-state index contributed by atoms with van der Waals surface area (Å²) in [5, 5.41) is 6.20. The van der Waals surface area contributed by atoms with Crippen LogP contribution in [0.4, 0.5) is 0 Å². The summed E-state index contributed by atoms with van der Waals surface area (Å²) in [5.41, 5.74) is 5.35. The maximum absolute atomic E-state index is 11.6. The number of hydrogen-bond donors (Lipinski definition) is 0. The lowest BCUT2D eigenvalue weighted by molar-refractivity contribution is 0.561. The Morgan fingerprint density at radius 3 is 2.40 bits per heavy atom. The lowest BCUT2D eigenvalue weighted by atomic mass is 9.87. The van der Waals surface area contributed by atoms with Crippen LogP contribution in [0.3, 0.4) is 0 Å². The van der Waals surface area contributed by atoms with E-state index in [1.165, 1.54) is 49.9 Å². The van der Waals surface area contributed by atoms with Gasteiger partial charge in [0.1, 0.15) is 5.58 Å². The zero-order chi connectivity index (χ0) is 20.8. The van der Waals surface area contributed by atoms with Gasteiger partial charge in [-0.1, -0.05) is 63.2 Å². The number of benzene rings is 4. The minimum absolute atomic E-state index is 0.309. The average Bonchev–Trinajstić information content (AvgIpc) is 2.75. The summed E-state index contributed by atoms with van der Waals surface area (Å²) < 4.78 is 5.41. The molecule has 0 spiro atoms. The average molecular weight is 392 g/mol. The third-order valence-electron chi connectivity index (χ3n) is 6.06. The predicted octanol–water partition coefficient (Wildman–Crippen LogP) is 7.45. The molecule has 0 N–H and O–H groups in total.